The highest BCUT2D eigenvalue weighted by Gasteiger charge is 2.38. The fourth-order valence-corrected chi connectivity index (χ4v) is 3.46. The molecule has 0 spiro atoms. The standard InChI is InChI=1S/C18H27BrN2O3/c1-7-23-15-9-8-12-13(16(15)19)10-21(14(12)11-20(5)6)17(22)24-18(2,3)4/h8-9,14H,7,10-11H2,1-6H3/t14-/m0/s1. The summed E-state index contributed by atoms with van der Waals surface area (Å²) in [7, 11) is 4.02. The van der Waals surface area contributed by atoms with Crippen molar-refractivity contribution in [1.82, 2.24) is 9.80 Å². The average Bonchev–Trinajstić information content (AvgIpc) is 2.79. The maximum Gasteiger partial charge on any atom is 0.411 e. The van der Waals surface area contributed by atoms with Gasteiger partial charge in [0.1, 0.15) is 11.4 Å². The van der Waals surface area contributed by atoms with E-state index in [1.807, 2.05) is 47.9 Å². The summed E-state index contributed by atoms with van der Waals surface area (Å²) in [5.74, 6) is 0.811. The van der Waals surface area contributed by atoms with Gasteiger partial charge in [0.25, 0.3) is 0 Å². The third-order valence-corrected chi connectivity index (χ3v) is 4.64. The smallest absolute Gasteiger partial charge is 0.411 e. The van der Waals surface area contributed by atoms with Gasteiger partial charge < -0.3 is 14.4 Å². The molecule has 0 unspecified atom stereocenters. The number of amides is 1. The van der Waals surface area contributed by atoms with Crippen LogP contribution in [0.5, 0.6) is 5.75 Å². The molecule has 0 fully saturated rings. The Hall–Kier alpha value is -1.27. The van der Waals surface area contributed by atoms with Gasteiger partial charge in [-0.15, -0.1) is 0 Å². The highest BCUT2D eigenvalue weighted by Crippen LogP contribution is 2.42. The summed E-state index contributed by atoms with van der Waals surface area (Å²) in [6, 6.07) is 3.99. The van der Waals surface area contributed by atoms with Crippen LogP contribution in [0.1, 0.15) is 44.9 Å². The Labute approximate surface area is 153 Å². The largest absolute Gasteiger partial charge is 0.493 e. The van der Waals surface area contributed by atoms with Crippen molar-refractivity contribution < 1.29 is 14.3 Å². The zero-order valence-electron chi connectivity index (χ0n) is 15.4. The lowest BCUT2D eigenvalue weighted by atomic mass is 10.0. The number of ether oxygens (including phenoxy) is 2. The Morgan fingerprint density at radius 1 is 1.38 bits per heavy atom. The van der Waals surface area contributed by atoms with E-state index in [1.54, 1.807) is 4.90 Å². The molecule has 1 aliphatic rings. The Morgan fingerprint density at radius 2 is 2.04 bits per heavy atom. The first-order valence-electron chi connectivity index (χ1n) is 8.22. The molecule has 2 rings (SSSR count). The number of nitrogens with zero attached hydrogens (tertiary/aromatic N) is 2. The summed E-state index contributed by atoms with van der Waals surface area (Å²) in [6.45, 7) is 9.49. The van der Waals surface area contributed by atoms with Crippen molar-refractivity contribution >= 4 is 22.0 Å². The summed E-state index contributed by atoms with van der Waals surface area (Å²) in [4.78, 5) is 16.6. The number of benzene rings is 1. The van der Waals surface area contributed by atoms with Crippen molar-refractivity contribution in [3.8, 4) is 5.75 Å². The van der Waals surface area contributed by atoms with Gasteiger partial charge in [0.05, 0.1) is 23.7 Å². The summed E-state index contributed by atoms with van der Waals surface area (Å²) in [5.41, 5.74) is 1.73. The Kier molecular flexibility index (Phi) is 5.81. The quantitative estimate of drug-likeness (QED) is 0.761. The highest BCUT2D eigenvalue weighted by molar-refractivity contribution is 9.10. The second-order valence-corrected chi connectivity index (χ2v) is 8.06. The molecule has 1 aliphatic heterocycles. The molecule has 0 N–H and O–H groups in total. The summed E-state index contributed by atoms with van der Waals surface area (Å²) in [6.07, 6.45) is -0.282. The van der Waals surface area contributed by atoms with E-state index in [2.05, 4.69) is 26.9 Å². The molecule has 0 aliphatic carbocycles. The number of rotatable bonds is 4. The van der Waals surface area contributed by atoms with Gasteiger partial charge in [0.2, 0.25) is 0 Å². The van der Waals surface area contributed by atoms with Gasteiger partial charge in [0.15, 0.2) is 0 Å². The molecule has 1 atom stereocenters. The van der Waals surface area contributed by atoms with Crippen LogP contribution in [-0.2, 0) is 11.3 Å². The van der Waals surface area contributed by atoms with Crippen LogP contribution in [0.25, 0.3) is 0 Å². The first kappa shape index (κ1) is 19.1. The van der Waals surface area contributed by atoms with E-state index in [-0.39, 0.29) is 12.1 Å². The van der Waals surface area contributed by atoms with E-state index >= 15 is 0 Å². The van der Waals surface area contributed by atoms with Crippen molar-refractivity contribution in [3.05, 3.63) is 27.7 Å². The monoisotopic (exact) mass is 398 g/mol. The van der Waals surface area contributed by atoms with Crippen molar-refractivity contribution in [2.75, 3.05) is 27.2 Å². The lowest BCUT2D eigenvalue weighted by Crippen LogP contribution is -2.38. The third-order valence-electron chi connectivity index (χ3n) is 3.77. The van der Waals surface area contributed by atoms with E-state index in [4.69, 9.17) is 9.47 Å². The van der Waals surface area contributed by atoms with Crippen LogP contribution in [0.4, 0.5) is 4.79 Å². The Bertz CT molecular complexity index is 611. The lowest BCUT2D eigenvalue weighted by molar-refractivity contribution is 0.0150. The van der Waals surface area contributed by atoms with E-state index in [0.29, 0.717) is 13.2 Å². The zero-order valence-corrected chi connectivity index (χ0v) is 16.9. The number of hydrogen-bond acceptors (Lipinski definition) is 4. The van der Waals surface area contributed by atoms with Gasteiger partial charge >= 0.3 is 6.09 Å². The van der Waals surface area contributed by atoms with E-state index in [1.165, 1.54) is 0 Å². The number of hydrogen-bond donors (Lipinski definition) is 0. The maximum absolute atomic E-state index is 12.7. The van der Waals surface area contributed by atoms with Crippen molar-refractivity contribution in [2.45, 2.75) is 45.9 Å². The van der Waals surface area contributed by atoms with Crippen LogP contribution in [-0.4, -0.2) is 48.7 Å². The molecule has 5 nitrogen and oxygen atoms in total. The number of fused-ring (bicyclic) bond motifs is 1. The molecule has 0 saturated carbocycles. The maximum atomic E-state index is 12.7. The molecule has 0 aromatic heterocycles. The molecular formula is C18H27BrN2O3. The second-order valence-electron chi connectivity index (χ2n) is 7.26. The van der Waals surface area contributed by atoms with E-state index in [9.17, 15) is 4.79 Å². The van der Waals surface area contributed by atoms with E-state index in [0.717, 1.165) is 27.9 Å². The molecule has 0 radical (unpaired) electrons. The number of likely N-dealkylation sites (N-methyl/N-ethyl adjacent to an activating group) is 1. The third kappa shape index (κ3) is 4.22. The van der Waals surface area contributed by atoms with Gasteiger partial charge in [-0.1, -0.05) is 6.07 Å². The minimum atomic E-state index is -0.512. The van der Waals surface area contributed by atoms with Crippen LogP contribution in [0.15, 0.2) is 16.6 Å². The topological polar surface area (TPSA) is 42.0 Å². The molecule has 1 aromatic rings. The predicted octanol–water partition coefficient (Wildman–Crippen LogP) is 4.20. The van der Waals surface area contributed by atoms with Crippen LogP contribution < -0.4 is 4.74 Å². The van der Waals surface area contributed by atoms with Crippen LogP contribution in [0.2, 0.25) is 0 Å². The normalized spacial score (nSPS) is 17.2. The molecular weight excluding hydrogens is 372 g/mol. The van der Waals surface area contributed by atoms with Gasteiger partial charge in [0, 0.05) is 6.54 Å². The lowest BCUT2D eigenvalue weighted by Gasteiger charge is -2.30. The first-order chi connectivity index (χ1) is 11.1. The molecule has 6 heteroatoms. The molecule has 1 amide bonds. The SMILES string of the molecule is CCOc1ccc2c(c1Br)CN(C(=O)OC(C)(C)C)[C@H]2CN(C)C. The zero-order chi connectivity index (χ0) is 18.1. The average molecular weight is 399 g/mol. The van der Waals surface area contributed by atoms with Crippen LogP contribution in [0.3, 0.4) is 0 Å². The summed E-state index contributed by atoms with van der Waals surface area (Å²) >= 11 is 3.65. The highest BCUT2D eigenvalue weighted by atomic mass is 79.9. The molecule has 1 aromatic carbocycles. The predicted molar refractivity (Wildman–Crippen MR) is 98.4 cm³/mol. The first-order valence-corrected chi connectivity index (χ1v) is 9.01. The minimum absolute atomic E-state index is 0.0307. The Balaban J connectivity index is 2.36. The van der Waals surface area contributed by atoms with Crippen molar-refractivity contribution in [2.24, 2.45) is 0 Å². The molecule has 0 bridgehead atoms. The molecule has 1 heterocycles. The fraction of sp³-hybridized carbons (Fsp3) is 0.611. The van der Waals surface area contributed by atoms with Gasteiger partial charge in [-0.3, -0.25) is 4.90 Å². The fourth-order valence-electron chi connectivity index (χ4n) is 2.86. The number of carbonyl (C=O) groups excluding carboxylic acids is 1. The van der Waals surface area contributed by atoms with Gasteiger partial charge in [-0.25, -0.2) is 4.79 Å². The Morgan fingerprint density at radius 3 is 2.58 bits per heavy atom. The van der Waals surface area contributed by atoms with Gasteiger partial charge in [-0.05, 0) is 74.9 Å². The van der Waals surface area contributed by atoms with E-state index < -0.39 is 5.60 Å². The van der Waals surface area contributed by atoms with Crippen LogP contribution in [0, 0.1) is 0 Å². The molecule has 134 valence electrons. The van der Waals surface area contributed by atoms with Gasteiger partial charge in [-0.2, -0.15) is 0 Å². The summed E-state index contributed by atoms with van der Waals surface area (Å²) in [5, 5.41) is 0. The second kappa shape index (κ2) is 7.31. The van der Waals surface area contributed by atoms with Crippen molar-refractivity contribution in [1.29, 1.82) is 0 Å². The van der Waals surface area contributed by atoms with Crippen molar-refractivity contribution in [3.63, 3.8) is 0 Å². The minimum Gasteiger partial charge on any atom is -0.493 e. The molecule has 0 saturated heterocycles. The number of carbonyl (C=O) groups is 1. The summed E-state index contributed by atoms with van der Waals surface area (Å²) < 4.78 is 12.2. The molecule has 24 heavy (non-hydrogen) atoms. The number of halogens is 1. The van der Waals surface area contributed by atoms with Crippen LogP contribution >= 0.6 is 15.9 Å².